The lowest BCUT2D eigenvalue weighted by Gasteiger charge is -2.13. The molecule has 0 aromatic carbocycles. The summed E-state index contributed by atoms with van der Waals surface area (Å²) in [6.45, 7) is 6.46. The van der Waals surface area contributed by atoms with E-state index >= 15 is 0 Å². The lowest BCUT2D eigenvalue weighted by Crippen LogP contribution is -2.11. The monoisotopic (exact) mass is 307 g/mol. The van der Waals surface area contributed by atoms with Crippen LogP contribution in [0.15, 0.2) is 17.5 Å². The quantitative estimate of drug-likeness (QED) is 0.628. The van der Waals surface area contributed by atoms with Crippen LogP contribution in [0.25, 0.3) is 0 Å². The number of aryl methyl sites for hydroxylation is 1. The maximum atomic E-state index is 11.1. The van der Waals surface area contributed by atoms with E-state index in [1.807, 2.05) is 26.2 Å². The molecule has 21 heavy (non-hydrogen) atoms. The van der Waals surface area contributed by atoms with Crippen LogP contribution in [0.3, 0.4) is 0 Å². The molecule has 0 saturated heterocycles. The van der Waals surface area contributed by atoms with E-state index in [0.717, 1.165) is 10.7 Å². The van der Waals surface area contributed by atoms with Gasteiger partial charge in [0.2, 0.25) is 5.82 Å². The second kappa shape index (κ2) is 6.49. The Kier molecular flexibility index (Phi) is 4.69. The van der Waals surface area contributed by atoms with E-state index < -0.39 is 4.92 Å². The molecular formula is C13H17N5O2S. The topological polar surface area (TPSA) is 93.0 Å². The molecule has 0 aliphatic heterocycles. The molecule has 2 heterocycles. The highest BCUT2D eigenvalue weighted by molar-refractivity contribution is 7.09. The number of rotatable bonds is 6. The van der Waals surface area contributed by atoms with Crippen LogP contribution >= 0.6 is 11.3 Å². The first-order chi connectivity index (χ1) is 10.0. The van der Waals surface area contributed by atoms with Gasteiger partial charge in [-0.25, -0.2) is 9.97 Å². The van der Waals surface area contributed by atoms with Crippen molar-refractivity contribution in [2.75, 3.05) is 17.2 Å². The minimum Gasteiger partial charge on any atom is -0.370 e. The highest BCUT2D eigenvalue weighted by Gasteiger charge is 2.19. The summed E-state index contributed by atoms with van der Waals surface area (Å²) in [5, 5.41) is 20.0. The van der Waals surface area contributed by atoms with Gasteiger partial charge in [0.25, 0.3) is 0 Å². The van der Waals surface area contributed by atoms with E-state index in [-0.39, 0.29) is 17.5 Å². The molecule has 112 valence electrons. The SMILES string of the molecule is CCNc1ccc([N+](=O)[O-])c(NC(C)c2nc(C)cs2)n1. The Morgan fingerprint density at radius 2 is 2.19 bits per heavy atom. The summed E-state index contributed by atoms with van der Waals surface area (Å²) in [5.41, 5.74) is 0.893. The van der Waals surface area contributed by atoms with Gasteiger partial charge in [-0.3, -0.25) is 10.1 Å². The Bertz CT molecular complexity index is 643. The summed E-state index contributed by atoms with van der Waals surface area (Å²) in [4.78, 5) is 19.3. The van der Waals surface area contributed by atoms with Crippen LogP contribution in [0.2, 0.25) is 0 Å². The first-order valence-electron chi connectivity index (χ1n) is 6.59. The summed E-state index contributed by atoms with van der Waals surface area (Å²) in [7, 11) is 0. The first kappa shape index (κ1) is 15.2. The molecule has 0 amide bonds. The summed E-state index contributed by atoms with van der Waals surface area (Å²) >= 11 is 1.52. The van der Waals surface area contributed by atoms with E-state index in [0.29, 0.717) is 12.4 Å². The largest absolute Gasteiger partial charge is 0.370 e. The van der Waals surface area contributed by atoms with Crippen LogP contribution in [-0.2, 0) is 0 Å². The fraction of sp³-hybridized carbons (Fsp3) is 0.385. The molecule has 0 fully saturated rings. The average molecular weight is 307 g/mol. The number of anilines is 2. The van der Waals surface area contributed by atoms with Crippen molar-refractivity contribution in [1.29, 1.82) is 0 Å². The van der Waals surface area contributed by atoms with Crippen LogP contribution in [0.5, 0.6) is 0 Å². The number of nitrogens with one attached hydrogen (secondary N) is 2. The zero-order valence-electron chi connectivity index (χ0n) is 12.1. The second-order valence-electron chi connectivity index (χ2n) is 4.54. The Labute approximate surface area is 126 Å². The fourth-order valence-corrected chi connectivity index (χ4v) is 2.63. The molecule has 7 nitrogen and oxygen atoms in total. The van der Waals surface area contributed by atoms with Gasteiger partial charge in [0, 0.05) is 23.7 Å². The number of pyridine rings is 1. The number of aromatic nitrogens is 2. The molecule has 0 radical (unpaired) electrons. The van der Waals surface area contributed by atoms with Crippen LogP contribution in [0, 0.1) is 17.0 Å². The van der Waals surface area contributed by atoms with Gasteiger partial charge in [-0.1, -0.05) is 0 Å². The maximum absolute atomic E-state index is 11.1. The van der Waals surface area contributed by atoms with Crippen LogP contribution < -0.4 is 10.6 Å². The Morgan fingerprint density at radius 1 is 1.43 bits per heavy atom. The third-order valence-electron chi connectivity index (χ3n) is 2.79. The number of hydrogen-bond acceptors (Lipinski definition) is 7. The molecule has 2 rings (SSSR count). The van der Waals surface area contributed by atoms with Crippen molar-refractivity contribution in [1.82, 2.24) is 9.97 Å². The number of nitrogens with zero attached hydrogens (tertiary/aromatic N) is 3. The normalized spacial score (nSPS) is 12.0. The van der Waals surface area contributed by atoms with Gasteiger partial charge >= 0.3 is 5.69 Å². The minimum atomic E-state index is -0.440. The van der Waals surface area contributed by atoms with Crippen molar-refractivity contribution in [3.63, 3.8) is 0 Å². The average Bonchev–Trinajstić information content (AvgIpc) is 2.86. The van der Waals surface area contributed by atoms with E-state index in [1.165, 1.54) is 17.4 Å². The van der Waals surface area contributed by atoms with Crippen molar-refractivity contribution < 1.29 is 4.92 Å². The molecular weight excluding hydrogens is 290 g/mol. The van der Waals surface area contributed by atoms with Crippen LogP contribution in [-0.4, -0.2) is 21.4 Å². The molecule has 0 bridgehead atoms. The van der Waals surface area contributed by atoms with Gasteiger partial charge in [-0.05, 0) is 26.8 Å². The van der Waals surface area contributed by atoms with Gasteiger partial charge in [-0.15, -0.1) is 11.3 Å². The zero-order chi connectivity index (χ0) is 15.4. The van der Waals surface area contributed by atoms with Gasteiger partial charge in [0.1, 0.15) is 10.8 Å². The van der Waals surface area contributed by atoms with E-state index in [9.17, 15) is 10.1 Å². The molecule has 0 aliphatic carbocycles. The first-order valence-corrected chi connectivity index (χ1v) is 7.47. The highest BCUT2D eigenvalue weighted by atomic mass is 32.1. The molecule has 0 aliphatic rings. The van der Waals surface area contributed by atoms with Crippen LogP contribution in [0.1, 0.15) is 30.6 Å². The molecule has 0 saturated carbocycles. The molecule has 1 atom stereocenters. The smallest absolute Gasteiger partial charge is 0.311 e. The van der Waals surface area contributed by atoms with Crippen molar-refractivity contribution in [2.45, 2.75) is 26.8 Å². The van der Waals surface area contributed by atoms with Gasteiger partial charge in [0.05, 0.1) is 11.0 Å². The molecule has 2 N–H and O–H groups in total. The third-order valence-corrected chi connectivity index (χ3v) is 3.93. The van der Waals surface area contributed by atoms with Gasteiger partial charge in [-0.2, -0.15) is 0 Å². The number of thiazole rings is 1. The molecule has 2 aromatic rings. The predicted molar refractivity (Wildman–Crippen MR) is 83.9 cm³/mol. The summed E-state index contributed by atoms with van der Waals surface area (Å²) in [6.07, 6.45) is 0. The summed E-state index contributed by atoms with van der Waals surface area (Å²) in [6, 6.07) is 2.91. The number of hydrogen-bond donors (Lipinski definition) is 2. The Hall–Kier alpha value is -2.22. The molecule has 2 aromatic heterocycles. The second-order valence-corrected chi connectivity index (χ2v) is 5.43. The van der Waals surface area contributed by atoms with Crippen LogP contribution in [0.4, 0.5) is 17.3 Å². The van der Waals surface area contributed by atoms with Crippen molar-refractivity contribution >= 4 is 28.7 Å². The van der Waals surface area contributed by atoms with Crippen molar-refractivity contribution in [3.05, 3.63) is 38.3 Å². The Morgan fingerprint density at radius 3 is 2.76 bits per heavy atom. The van der Waals surface area contributed by atoms with Crippen molar-refractivity contribution in [2.24, 2.45) is 0 Å². The third kappa shape index (κ3) is 3.66. The predicted octanol–water partition coefficient (Wildman–Crippen LogP) is 3.36. The van der Waals surface area contributed by atoms with Crippen molar-refractivity contribution in [3.8, 4) is 0 Å². The zero-order valence-corrected chi connectivity index (χ0v) is 12.9. The summed E-state index contributed by atoms with van der Waals surface area (Å²) < 4.78 is 0. The van der Waals surface area contributed by atoms with E-state index in [2.05, 4.69) is 20.6 Å². The number of nitro groups is 1. The molecule has 8 heteroatoms. The fourth-order valence-electron chi connectivity index (χ4n) is 1.82. The molecule has 1 unspecified atom stereocenters. The maximum Gasteiger partial charge on any atom is 0.311 e. The lowest BCUT2D eigenvalue weighted by atomic mass is 10.3. The molecule has 0 spiro atoms. The Balaban J connectivity index is 2.27. The lowest BCUT2D eigenvalue weighted by molar-refractivity contribution is -0.384. The van der Waals surface area contributed by atoms with E-state index in [1.54, 1.807) is 6.07 Å². The van der Waals surface area contributed by atoms with Gasteiger partial charge < -0.3 is 10.6 Å². The highest BCUT2D eigenvalue weighted by Crippen LogP contribution is 2.28. The minimum absolute atomic E-state index is 0.0446. The standard InChI is InChI=1S/C13H17N5O2S/c1-4-14-11-6-5-10(18(19)20)12(17-11)16-9(3)13-15-8(2)7-21-13/h5-7,9H,4H2,1-3H3,(H2,14,16,17). The van der Waals surface area contributed by atoms with E-state index in [4.69, 9.17) is 0 Å². The van der Waals surface area contributed by atoms with Gasteiger partial charge in [0.15, 0.2) is 0 Å². The summed E-state index contributed by atoms with van der Waals surface area (Å²) in [5.74, 6) is 0.854.